The number of benzene rings is 1. The van der Waals surface area contributed by atoms with Crippen molar-refractivity contribution in [1.29, 1.82) is 0 Å². The Morgan fingerprint density at radius 3 is 2.51 bits per heavy atom. The molecule has 1 aromatic carbocycles. The third kappa shape index (κ3) is 7.20. The lowest BCUT2D eigenvalue weighted by Gasteiger charge is -2.36. The van der Waals surface area contributed by atoms with Gasteiger partial charge in [0.05, 0.1) is 25.4 Å². The Labute approximate surface area is 208 Å². The fourth-order valence-electron chi connectivity index (χ4n) is 5.31. The summed E-state index contributed by atoms with van der Waals surface area (Å²) in [5.74, 6) is 0.113. The number of nitrogens with zero attached hydrogens (tertiary/aromatic N) is 2. The van der Waals surface area contributed by atoms with Gasteiger partial charge in [-0.2, -0.15) is 17.4 Å². The molecule has 1 aliphatic carbocycles. The maximum atomic E-state index is 13.6. The lowest BCUT2D eigenvalue weighted by atomic mass is 9.82. The zero-order chi connectivity index (χ0) is 25.6. The van der Waals surface area contributed by atoms with Crippen molar-refractivity contribution in [2.45, 2.75) is 75.6 Å². The van der Waals surface area contributed by atoms with Gasteiger partial charge in [0.1, 0.15) is 5.82 Å². The predicted molar refractivity (Wildman–Crippen MR) is 130 cm³/mol. The normalized spacial score (nSPS) is 28.3. The first-order valence-electron chi connectivity index (χ1n) is 12.2. The molecule has 1 aromatic rings. The number of likely N-dealkylation sites (tertiary alicyclic amines) is 1. The Morgan fingerprint density at radius 2 is 1.91 bits per heavy atom. The monoisotopic (exact) mass is 517 g/mol. The van der Waals surface area contributed by atoms with Gasteiger partial charge in [-0.1, -0.05) is 12.1 Å². The molecule has 0 spiro atoms. The van der Waals surface area contributed by atoms with Crippen molar-refractivity contribution in [2.24, 2.45) is 0 Å². The Morgan fingerprint density at radius 1 is 1.23 bits per heavy atom. The summed E-state index contributed by atoms with van der Waals surface area (Å²) < 4.78 is 60.5. The molecule has 1 aliphatic heterocycles. The van der Waals surface area contributed by atoms with Gasteiger partial charge in [0.25, 0.3) is 10.2 Å². The first-order chi connectivity index (χ1) is 16.7. The van der Waals surface area contributed by atoms with Crippen molar-refractivity contribution in [1.82, 2.24) is 13.9 Å². The van der Waals surface area contributed by atoms with E-state index in [-0.39, 0.29) is 37.2 Å². The maximum absolute atomic E-state index is 13.6. The Hall–Kier alpha value is -1.18. The highest BCUT2D eigenvalue weighted by molar-refractivity contribution is 7.87. The molecule has 1 heterocycles. The number of aliphatic hydroxyl groups excluding tert-OH is 1. The molecule has 0 aromatic heterocycles. The number of rotatable bonds is 12. The number of hydrogen-bond acceptors (Lipinski definition) is 7. The number of ether oxygens (including phenoxy) is 3. The van der Waals surface area contributed by atoms with Gasteiger partial charge in [0.2, 0.25) is 6.41 Å². The van der Waals surface area contributed by atoms with E-state index in [1.807, 2.05) is 17.9 Å². The molecule has 9 nitrogen and oxygen atoms in total. The van der Waals surface area contributed by atoms with Crippen molar-refractivity contribution in [3.63, 3.8) is 0 Å². The van der Waals surface area contributed by atoms with Crippen LogP contribution in [0.3, 0.4) is 0 Å². The van der Waals surface area contributed by atoms with Crippen LogP contribution in [0.1, 0.15) is 50.5 Å². The van der Waals surface area contributed by atoms with Crippen LogP contribution in [-0.2, 0) is 24.4 Å². The summed E-state index contributed by atoms with van der Waals surface area (Å²) in [4.78, 5) is 2.01. The van der Waals surface area contributed by atoms with E-state index in [1.54, 1.807) is 26.4 Å². The third-order valence-corrected chi connectivity index (χ3v) is 8.82. The van der Waals surface area contributed by atoms with E-state index in [0.717, 1.165) is 35.6 Å². The first kappa shape index (κ1) is 28.4. The molecule has 11 heteroatoms. The summed E-state index contributed by atoms with van der Waals surface area (Å²) in [6.07, 6.45) is 3.53. The van der Waals surface area contributed by atoms with Gasteiger partial charge >= 0.3 is 0 Å². The van der Waals surface area contributed by atoms with E-state index < -0.39 is 22.7 Å². The van der Waals surface area contributed by atoms with Gasteiger partial charge in [0, 0.05) is 39.9 Å². The molecule has 0 radical (unpaired) electrons. The van der Waals surface area contributed by atoms with E-state index in [4.69, 9.17) is 19.3 Å². The molecule has 1 saturated carbocycles. The first-order valence-corrected chi connectivity index (χ1v) is 13.7. The van der Waals surface area contributed by atoms with Gasteiger partial charge in [-0.25, -0.2) is 9.29 Å². The van der Waals surface area contributed by atoms with Gasteiger partial charge < -0.3 is 19.3 Å². The molecule has 1 saturated heterocycles. The largest absolute Gasteiger partial charge is 0.395 e. The lowest BCUT2D eigenvalue weighted by Crippen LogP contribution is -2.54. The fraction of sp³-hybridized carbons (Fsp3) is 0.750. The second-order valence-corrected chi connectivity index (χ2v) is 11.3. The Bertz CT molecular complexity index is 895. The molecule has 35 heavy (non-hydrogen) atoms. The van der Waals surface area contributed by atoms with Crippen molar-refractivity contribution < 1.29 is 32.1 Å². The predicted octanol–water partition coefficient (Wildman–Crippen LogP) is 2.03. The summed E-state index contributed by atoms with van der Waals surface area (Å²) in [5, 5.41) is 9.15. The summed E-state index contributed by atoms with van der Waals surface area (Å²) in [6.45, 7) is 2.08. The van der Waals surface area contributed by atoms with Crippen LogP contribution in [0.25, 0.3) is 0 Å². The number of hydrogen-bond donors (Lipinski definition) is 2. The molecular formula is C24H40FN3O6S. The molecular weight excluding hydrogens is 477 g/mol. The topological polar surface area (TPSA) is 101 Å². The summed E-state index contributed by atoms with van der Waals surface area (Å²) in [7, 11) is 0.764. The molecule has 2 aliphatic rings. The molecule has 1 unspecified atom stereocenters. The number of aliphatic hydroxyl groups is 1. The number of methoxy groups -OCH3 is 2. The van der Waals surface area contributed by atoms with Crippen LogP contribution in [0.5, 0.6) is 0 Å². The molecule has 3 atom stereocenters. The number of likely N-dealkylation sites (N-methyl/N-ethyl adjacent to an activating group) is 1. The molecule has 2 N–H and O–H groups in total. The van der Waals surface area contributed by atoms with Crippen molar-refractivity contribution in [3.8, 4) is 0 Å². The van der Waals surface area contributed by atoms with Crippen LogP contribution in [0.4, 0.5) is 4.39 Å². The molecule has 0 amide bonds. The van der Waals surface area contributed by atoms with Gasteiger partial charge in [0.15, 0.2) is 0 Å². The minimum Gasteiger partial charge on any atom is -0.395 e. The van der Waals surface area contributed by atoms with E-state index >= 15 is 0 Å². The molecule has 0 bridgehead atoms. The average molecular weight is 518 g/mol. The lowest BCUT2D eigenvalue weighted by molar-refractivity contribution is -0.216. The van der Waals surface area contributed by atoms with E-state index in [2.05, 4.69) is 4.72 Å². The highest BCUT2D eigenvalue weighted by Gasteiger charge is 2.45. The molecule has 200 valence electrons. The molecule has 2 fully saturated rings. The fourth-order valence-corrected chi connectivity index (χ4v) is 6.45. The standard InChI is InChI=1S/C24H40FN3O6S/c1-17-14-22(26-35(30,31)27(2)12-13-29)23(28(17)24(32-3)33-4)16-34-21-10-8-18(9-11-21)19-6-5-7-20(25)15-19/h5-7,15,17-18,21-24,26,29H,8-14,16H2,1-4H3/t17?,18?,21?,22-,23-/m0/s1. The van der Waals surface area contributed by atoms with Crippen LogP contribution in [0, 0.1) is 5.82 Å². The minimum absolute atomic E-state index is 0.00642. The van der Waals surface area contributed by atoms with E-state index in [1.165, 1.54) is 13.1 Å². The average Bonchev–Trinajstić information content (AvgIpc) is 3.13. The number of halogens is 1. The quantitative estimate of drug-likeness (QED) is 0.409. The zero-order valence-electron chi connectivity index (χ0n) is 21.1. The van der Waals surface area contributed by atoms with Crippen LogP contribution < -0.4 is 4.72 Å². The zero-order valence-corrected chi connectivity index (χ0v) is 21.9. The summed E-state index contributed by atoms with van der Waals surface area (Å²) in [6, 6.07) is 6.10. The Kier molecular flexibility index (Phi) is 10.4. The van der Waals surface area contributed by atoms with Crippen LogP contribution in [-0.4, -0.2) is 94.4 Å². The highest BCUT2D eigenvalue weighted by Crippen LogP contribution is 2.35. The van der Waals surface area contributed by atoms with Crippen molar-refractivity contribution in [2.75, 3.05) is 41.0 Å². The van der Waals surface area contributed by atoms with Crippen molar-refractivity contribution in [3.05, 3.63) is 35.6 Å². The van der Waals surface area contributed by atoms with Crippen LogP contribution in [0.15, 0.2) is 24.3 Å². The minimum atomic E-state index is -3.78. The van der Waals surface area contributed by atoms with Gasteiger partial charge in [-0.15, -0.1) is 0 Å². The summed E-state index contributed by atoms with van der Waals surface area (Å²) in [5.41, 5.74) is 1.03. The highest BCUT2D eigenvalue weighted by atomic mass is 32.2. The van der Waals surface area contributed by atoms with Gasteiger partial charge in [-0.3, -0.25) is 0 Å². The van der Waals surface area contributed by atoms with Crippen LogP contribution in [0.2, 0.25) is 0 Å². The maximum Gasteiger partial charge on any atom is 0.279 e. The smallest absolute Gasteiger partial charge is 0.279 e. The third-order valence-electron chi connectivity index (χ3n) is 7.22. The number of nitrogens with one attached hydrogen (secondary N) is 1. The van der Waals surface area contributed by atoms with E-state index in [9.17, 15) is 12.8 Å². The summed E-state index contributed by atoms with van der Waals surface area (Å²) >= 11 is 0. The second kappa shape index (κ2) is 12.9. The van der Waals surface area contributed by atoms with E-state index in [0.29, 0.717) is 18.9 Å². The van der Waals surface area contributed by atoms with Crippen molar-refractivity contribution >= 4 is 10.2 Å². The second-order valence-electron chi connectivity index (χ2n) is 9.51. The SMILES string of the molecule is COC(OC)N1C(C)C[C@H](NS(=O)(=O)N(C)CCO)[C@@H]1COC1CCC(c2cccc(F)c2)CC1. The van der Waals surface area contributed by atoms with Crippen LogP contribution >= 0.6 is 0 Å². The van der Waals surface area contributed by atoms with Gasteiger partial charge in [-0.05, 0) is 62.6 Å². The Balaban J connectivity index is 1.65. The molecule has 3 rings (SSSR count).